The molecule has 0 aliphatic carbocycles. The molecule has 1 N–H and O–H groups in total. The van der Waals surface area contributed by atoms with Crippen molar-refractivity contribution in [3.8, 4) is 35.4 Å². The number of halogens is 3. The second-order valence-electron chi connectivity index (χ2n) is 12.4. The van der Waals surface area contributed by atoms with Gasteiger partial charge in [0.1, 0.15) is 41.4 Å². The summed E-state index contributed by atoms with van der Waals surface area (Å²) in [6.45, 7) is 2.58. The normalized spacial score (nSPS) is 26.4. The molecule has 0 spiro atoms. The molecule has 4 saturated heterocycles. The second-order valence-corrected chi connectivity index (χ2v) is 12.4. The van der Waals surface area contributed by atoms with Gasteiger partial charge in [-0.05, 0) is 55.8 Å². The number of terminal acetylenes is 1. The highest BCUT2D eigenvalue weighted by atomic mass is 19.1. The van der Waals surface area contributed by atoms with Gasteiger partial charge in [-0.2, -0.15) is 9.97 Å². The largest absolute Gasteiger partial charge is 0.508 e. The van der Waals surface area contributed by atoms with E-state index in [2.05, 4.69) is 25.7 Å². The Bertz CT molecular complexity index is 1870. The summed E-state index contributed by atoms with van der Waals surface area (Å²) in [6, 6.07) is 5.50. The minimum absolute atomic E-state index is 0.00996. The van der Waals surface area contributed by atoms with E-state index in [0.717, 1.165) is 32.2 Å². The fourth-order valence-corrected chi connectivity index (χ4v) is 7.74. The second kappa shape index (κ2) is 10.2. The highest BCUT2D eigenvalue weighted by Gasteiger charge is 2.49. The number of anilines is 1. The number of ether oxygens (including phenoxy) is 2. The summed E-state index contributed by atoms with van der Waals surface area (Å²) < 4.78 is 58.1. The van der Waals surface area contributed by atoms with Crippen molar-refractivity contribution in [3.05, 3.63) is 47.7 Å². The van der Waals surface area contributed by atoms with Gasteiger partial charge in [0.15, 0.2) is 5.82 Å². The molecule has 44 heavy (non-hydrogen) atoms. The van der Waals surface area contributed by atoms with Crippen LogP contribution in [0.25, 0.3) is 32.9 Å². The molecule has 11 heteroatoms. The Kier molecular flexibility index (Phi) is 6.36. The lowest BCUT2D eigenvalue weighted by Crippen LogP contribution is -2.43. The van der Waals surface area contributed by atoms with E-state index in [0.29, 0.717) is 42.7 Å². The van der Waals surface area contributed by atoms with Crippen molar-refractivity contribution < 1.29 is 27.8 Å². The van der Waals surface area contributed by atoms with Crippen LogP contribution < -0.4 is 9.64 Å². The quantitative estimate of drug-likeness (QED) is 0.315. The maximum absolute atomic E-state index is 16.7. The van der Waals surface area contributed by atoms with Gasteiger partial charge in [0.05, 0.1) is 35.2 Å². The third kappa shape index (κ3) is 4.26. The van der Waals surface area contributed by atoms with Crippen LogP contribution in [-0.4, -0.2) is 81.7 Å². The molecule has 226 valence electrons. The number of pyridine rings is 1. The van der Waals surface area contributed by atoms with E-state index in [4.69, 9.17) is 20.9 Å². The van der Waals surface area contributed by atoms with Crippen LogP contribution >= 0.6 is 0 Å². The third-order valence-electron chi connectivity index (χ3n) is 9.79. The topological polar surface area (TPSA) is 83.8 Å². The number of phenols is 1. The van der Waals surface area contributed by atoms with E-state index >= 15 is 4.39 Å². The summed E-state index contributed by atoms with van der Waals surface area (Å²) in [4.78, 5) is 18.0. The number of rotatable bonds is 5. The van der Waals surface area contributed by atoms with Crippen LogP contribution in [0, 0.1) is 24.0 Å². The van der Waals surface area contributed by atoms with Crippen molar-refractivity contribution in [1.29, 1.82) is 0 Å². The summed E-state index contributed by atoms with van der Waals surface area (Å²) in [5.74, 6) is 1.28. The van der Waals surface area contributed by atoms with Gasteiger partial charge in [0, 0.05) is 36.7 Å². The number of hydrogen-bond donors (Lipinski definition) is 1. The van der Waals surface area contributed by atoms with Crippen LogP contribution in [0.5, 0.6) is 11.8 Å². The SMILES string of the molecule is C#Cc1c(F)ccc2cc(O)cc(-c3ncc4c(N5CC[C@@H]6C[C@H]5CO6)nc(OC[C@@]56CCCN5C[C@H](F)C6)nc4c3F)c12. The first-order valence-corrected chi connectivity index (χ1v) is 15.0. The van der Waals surface area contributed by atoms with Gasteiger partial charge in [0.25, 0.3) is 0 Å². The predicted octanol–water partition coefficient (Wildman–Crippen LogP) is 5.13. The van der Waals surface area contributed by atoms with Crippen LogP contribution in [0.2, 0.25) is 0 Å². The summed E-state index contributed by atoms with van der Waals surface area (Å²) in [5.41, 5.74) is -0.524. The monoisotopic (exact) mass is 601 g/mol. The van der Waals surface area contributed by atoms with Crippen LogP contribution in [-0.2, 0) is 4.74 Å². The van der Waals surface area contributed by atoms with Gasteiger partial charge in [-0.1, -0.05) is 12.0 Å². The van der Waals surface area contributed by atoms with Crippen molar-refractivity contribution in [2.45, 2.75) is 56.0 Å². The number of phenolic OH excluding ortho intramolecular Hbond substituents is 1. The first-order valence-electron chi connectivity index (χ1n) is 15.0. The summed E-state index contributed by atoms with van der Waals surface area (Å²) in [7, 11) is 0. The van der Waals surface area contributed by atoms with E-state index < -0.39 is 23.3 Å². The van der Waals surface area contributed by atoms with Crippen molar-refractivity contribution in [2.24, 2.45) is 0 Å². The number of piperidine rings is 1. The van der Waals surface area contributed by atoms with Crippen LogP contribution in [0.15, 0.2) is 30.5 Å². The molecule has 2 bridgehead atoms. The Balaban J connectivity index is 1.28. The third-order valence-corrected chi connectivity index (χ3v) is 9.79. The van der Waals surface area contributed by atoms with Gasteiger partial charge >= 0.3 is 6.01 Å². The highest BCUT2D eigenvalue weighted by molar-refractivity contribution is 6.03. The summed E-state index contributed by atoms with van der Waals surface area (Å²) in [5, 5.41) is 11.6. The van der Waals surface area contributed by atoms with E-state index in [1.807, 2.05) is 0 Å². The number of alkyl halides is 1. The van der Waals surface area contributed by atoms with Gasteiger partial charge in [-0.15, -0.1) is 6.42 Å². The minimum atomic E-state index is -0.920. The Labute approximate surface area is 251 Å². The maximum Gasteiger partial charge on any atom is 0.319 e. The molecule has 2 aromatic heterocycles. The zero-order valence-corrected chi connectivity index (χ0v) is 23.9. The van der Waals surface area contributed by atoms with Crippen molar-refractivity contribution in [1.82, 2.24) is 19.9 Å². The Morgan fingerprint density at radius 2 is 2.09 bits per heavy atom. The number of fused-ring (bicyclic) bond motifs is 5. The maximum atomic E-state index is 16.7. The molecule has 8 nitrogen and oxygen atoms in total. The lowest BCUT2D eigenvalue weighted by Gasteiger charge is -2.34. The zero-order valence-electron chi connectivity index (χ0n) is 23.9. The molecule has 0 amide bonds. The fourth-order valence-electron chi connectivity index (χ4n) is 7.74. The smallest absolute Gasteiger partial charge is 0.319 e. The molecule has 4 aliphatic rings. The predicted molar refractivity (Wildman–Crippen MR) is 158 cm³/mol. The van der Waals surface area contributed by atoms with Crippen LogP contribution in [0.4, 0.5) is 19.0 Å². The molecule has 4 aromatic rings. The number of aromatic nitrogens is 3. The van der Waals surface area contributed by atoms with Gasteiger partial charge in [-0.3, -0.25) is 9.88 Å². The first-order chi connectivity index (χ1) is 21.3. The van der Waals surface area contributed by atoms with Gasteiger partial charge in [0.2, 0.25) is 0 Å². The number of hydrogen-bond acceptors (Lipinski definition) is 8. The van der Waals surface area contributed by atoms with E-state index in [1.165, 1.54) is 30.5 Å². The van der Waals surface area contributed by atoms with E-state index in [1.54, 1.807) is 0 Å². The molecule has 0 unspecified atom stereocenters. The molecular weight excluding hydrogens is 571 g/mol. The Hall–Kier alpha value is -4.14. The average Bonchev–Trinajstić information content (AvgIpc) is 3.67. The molecule has 0 saturated carbocycles. The van der Waals surface area contributed by atoms with E-state index in [-0.39, 0.29) is 58.2 Å². The molecule has 8 rings (SSSR count). The molecule has 2 aromatic carbocycles. The van der Waals surface area contributed by atoms with Crippen LogP contribution in [0.3, 0.4) is 0 Å². The number of nitrogens with zero attached hydrogens (tertiary/aromatic N) is 5. The standard InChI is InChI=1S/C33H30F3N5O3/c1-2-23-26(35)5-4-18-10-21(42)12-24(27(18)23)29-28(36)30-25(14-37-29)31(41-9-6-22-11-20(41)16-43-22)39-32(38-30)44-17-33-7-3-8-40(33)15-19(34)13-33/h1,4-5,10,12,14,19-20,22,42H,3,6-9,11,13,15-17H2/t19-,20+,22-,33+/m1/s1. The summed E-state index contributed by atoms with van der Waals surface area (Å²) >= 11 is 0. The molecule has 0 radical (unpaired) electrons. The van der Waals surface area contributed by atoms with Crippen molar-refractivity contribution in [2.75, 3.05) is 37.7 Å². The van der Waals surface area contributed by atoms with Gasteiger partial charge in [-0.25, -0.2) is 13.2 Å². The lowest BCUT2D eigenvalue weighted by atomic mass is 9.95. The molecule has 6 heterocycles. The lowest BCUT2D eigenvalue weighted by molar-refractivity contribution is 0.107. The highest BCUT2D eigenvalue weighted by Crippen LogP contribution is 2.42. The molecule has 4 atom stereocenters. The van der Waals surface area contributed by atoms with Crippen molar-refractivity contribution >= 4 is 27.5 Å². The number of benzene rings is 2. The molecule has 4 fully saturated rings. The van der Waals surface area contributed by atoms with Crippen LogP contribution in [0.1, 0.15) is 37.7 Å². The van der Waals surface area contributed by atoms with E-state index in [9.17, 15) is 13.9 Å². The minimum Gasteiger partial charge on any atom is -0.508 e. The first kappa shape index (κ1) is 27.4. The molecular formula is C33H30F3N5O3. The average molecular weight is 602 g/mol. The zero-order chi connectivity index (χ0) is 30.2. The van der Waals surface area contributed by atoms with Crippen molar-refractivity contribution in [3.63, 3.8) is 0 Å². The Morgan fingerprint density at radius 3 is 2.95 bits per heavy atom. The number of aromatic hydroxyl groups is 1. The fraction of sp³-hybridized carbons (Fsp3) is 0.424. The Morgan fingerprint density at radius 1 is 1.20 bits per heavy atom. The summed E-state index contributed by atoms with van der Waals surface area (Å²) in [6.07, 6.45) is 10.2. The van der Waals surface area contributed by atoms with Gasteiger partial charge < -0.3 is 19.5 Å². The molecule has 4 aliphatic heterocycles.